The van der Waals surface area contributed by atoms with Crippen LogP contribution in [-0.2, 0) is 23.8 Å². The lowest BCUT2D eigenvalue weighted by Crippen LogP contribution is -2.51. The molecule has 2 amide bonds. The monoisotopic (exact) mass is 440 g/mol. The van der Waals surface area contributed by atoms with Crippen LogP contribution in [0.25, 0.3) is 0 Å². The van der Waals surface area contributed by atoms with Gasteiger partial charge in [0.05, 0.1) is 26.9 Å². The van der Waals surface area contributed by atoms with E-state index in [0.717, 1.165) is 4.47 Å². The number of methoxy groups -OCH3 is 1. The second-order valence-electron chi connectivity index (χ2n) is 6.52. The van der Waals surface area contributed by atoms with Crippen molar-refractivity contribution in [2.45, 2.75) is 31.2 Å². The van der Waals surface area contributed by atoms with Gasteiger partial charge in [0.2, 0.25) is 5.91 Å². The first-order chi connectivity index (χ1) is 12.8. The molecule has 146 valence electrons. The molecule has 3 rings (SSSR count). The van der Waals surface area contributed by atoms with Crippen molar-refractivity contribution in [2.24, 2.45) is 0 Å². The van der Waals surface area contributed by atoms with Gasteiger partial charge in [-0.25, -0.2) is 4.79 Å². The highest BCUT2D eigenvalue weighted by Gasteiger charge is 2.53. The van der Waals surface area contributed by atoms with Gasteiger partial charge in [-0.05, 0) is 31.2 Å². The summed E-state index contributed by atoms with van der Waals surface area (Å²) in [5.74, 6) is -2.29. The summed E-state index contributed by atoms with van der Waals surface area (Å²) in [5.41, 5.74) is 0.433. The molecule has 8 nitrogen and oxygen atoms in total. The molecule has 2 saturated heterocycles. The molecule has 0 saturated carbocycles. The fourth-order valence-corrected chi connectivity index (χ4v) is 3.58. The molecule has 2 fully saturated rings. The summed E-state index contributed by atoms with van der Waals surface area (Å²) in [4.78, 5) is 38.8. The van der Waals surface area contributed by atoms with Crippen molar-refractivity contribution in [3.05, 3.63) is 34.3 Å². The number of hydrogen-bond donors (Lipinski definition) is 1. The Morgan fingerprint density at radius 1 is 1.26 bits per heavy atom. The Balaban J connectivity index is 1.71. The third kappa shape index (κ3) is 4.15. The number of carbonyl (C=O) groups excluding carboxylic acids is 3. The molecular weight excluding hydrogens is 420 g/mol. The Hall–Kier alpha value is -1.97. The van der Waals surface area contributed by atoms with E-state index in [1.165, 1.54) is 12.0 Å². The first-order valence-electron chi connectivity index (χ1n) is 8.58. The summed E-state index contributed by atoms with van der Waals surface area (Å²) in [7, 11) is 1.27. The lowest BCUT2D eigenvalue weighted by Gasteiger charge is -2.26. The highest BCUT2D eigenvalue weighted by atomic mass is 79.9. The summed E-state index contributed by atoms with van der Waals surface area (Å²) >= 11 is 3.31. The predicted octanol–water partition coefficient (Wildman–Crippen LogP) is 1.08. The van der Waals surface area contributed by atoms with Crippen LogP contribution in [-0.4, -0.2) is 67.4 Å². The van der Waals surface area contributed by atoms with Crippen molar-refractivity contribution < 1.29 is 28.6 Å². The zero-order valence-corrected chi connectivity index (χ0v) is 16.7. The van der Waals surface area contributed by atoms with Crippen molar-refractivity contribution in [1.29, 1.82) is 0 Å². The van der Waals surface area contributed by atoms with Gasteiger partial charge in [0.25, 0.3) is 5.91 Å². The van der Waals surface area contributed by atoms with Crippen LogP contribution in [0.2, 0.25) is 0 Å². The van der Waals surface area contributed by atoms with E-state index in [1.807, 2.05) is 0 Å². The molecule has 0 aromatic heterocycles. The number of esters is 1. The number of rotatable bonds is 4. The van der Waals surface area contributed by atoms with Crippen LogP contribution in [0, 0.1) is 0 Å². The Bertz CT molecular complexity index is 732. The third-order valence-corrected chi connectivity index (χ3v) is 5.21. The van der Waals surface area contributed by atoms with Gasteiger partial charge in [-0.2, -0.15) is 0 Å². The molecule has 0 bridgehead atoms. The molecule has 1 aromatic rings. The zero-order chi connectivity index (χ0) is 19.6. The van der Waals surface area contributed by atoms with Crippen molar-refractivity contribution in [3.63, 3.8) is 0 Å². The third-order valence-electron chi connectivity index (χ3n) is 4.69. The number of nitrogens with one attached hydrogen (secondary N) is 1. The molecule has 27 heavy (non-hydrogen) atoms. The minimum atomic E-state index is -0.982. The van der Waals surface area contributed by atoms with Crippen LogP contribution in [0.3, 0.4) is 0 Å². The molecule has 0 unspecified atom stereocenters. The Morgan fingerprint density at radius 2 is 1.89 bits per heavy atom. The topological polar surface area (TPSA) is 94.2 Å². The van der Waals surface area contributed by atoms with E-state index in [0.29, 0.717) is 18.8 Å². The quantitative estimate of drug-likeness (QED) is 0.704. The number of halogens is 1. The largest absolute Gasteiger partial charge is 0.467 e. The van der Waals surface area contributed by atoms with Crippen LogP contribution in [0.4, 0.5) is 0 Å². The average Bonchev–Trinajstić information content (AvgIpc) is 3.28. The average molecular weight is 441 g/mol. The predicted molar refractivity (Wildman–Crippen MR) is 97.8 cm³/mol. The molecular formula is C18H21BrN2O6. The smallest absolute Gasteiger partial charge is 0.328 e. The number of ether oxygens (including phenoxy) is 3. The minimum Gasteiger partial charge on any atom is -0.467 e. The van der Waals surface area contributed by atoms with Gasteiger partial charge in [0.15, 0.2) is 5.79 Å². The van der Waals surface area contributed by atoms with Crippen LogP contribution in [0.5, 0.6) is 0 Å². The first-order valence-corrected chi connectivity index (χ1v) is 9.37. The first kappa shape index (κ1) is 19.8. The molecule has 2 atom stereocenters. The fourth-order valence-electron chi connectivity index (χ4n) is 3.32. The van der Waals surface area contributed by atoms with Crippen molar-refractivity contribution >= 4 is 33.7 Å². The zero-order valence-electron chi connectivity index (χ0n) is 15.1. The lowest BCUT2D eigenvalue weighted by atomic mass is 10.1. The molecule has 1 aromatic carbocycles. The second-order valence-corrected chi connectivity index (χ2v) is 7.43. The van der Waals surface area contributed by atoms with Gasteiger partial charge in [-0.15, -0.1) is 0 Å². The number of nitrogens with zero attached hydrogens (tertiary/aromatic N) is 1. The van der Waals surface area contributed by atoms with Gasteiger partial charge >= 0.3 is 5.97 Å². The summed E-state index contributed by atoms with van der Waals surface area (Å²) in [6.07, 6.45) is 0.207. The molecule has 1 spiro atoms. The van der Waals surface area contributed by atoms with E-state index in [2.05, 4.69) is 21.2 Å². The number of amides is 2. The fraction of sp³-hybridized carbons (Fsp3) is 0.500. The number of hydrogen-bond acceptors (Lipinski definition) is 6. The Morgan fingerprint density at radius 3 is 2.48 bits per heavy atom. The van der Waals surface area contributed by atoms with Crippen molar-refractivity contribution in [1.82, 2.24) is 10.2 Å². The Kier molecular flexibility index (Phi) is 5.83. The maximum Gasteiger partial charge on any atom is 0.328 e. The number of likely N-dealkylation sites (tertiary alicyclic amines) is 1. The van der Waals surface area contributed by atoms with Gasteiger partial charge in [-0.3, -0.25) is 9.59 Å². The van der Waals surface area contributed by atoms with Gasteiger partial charge in [0, 0.05) is 16.5 Å². The van der Waals surface area contributed by atoms with E-state index < -0.39 is 29.7 Å². The number of benzene rings is 1. The lowest BCUT2D eigenvalue weighted by molar-refractivity contribution is -0.153. The number of carbonyl (C=O) groups is 3. The van der Waals surface area contributed by atoms with E-state index in [4.69, 9.17) is 14.2 Å². The van der Waals surface area contributed by atoms with Crippen LogP contribution in [0.1, 0.15) is 23.7 Å². The Labute approximate surface area is 165 Å². The van der Waals surface area contributed by atoms with E-state index >= 15 is 0 Å². The summed E-state index contributed by atoms with van der Waals surface area (Å²) in [6, 6.07) is 5.15. The van der Waals surface area contributed by atoms with Crippen LogP contribution >= 0.6 is 15.9 Å². The summed E-state index contributed by atoms with van der Waals surface area (Å²) in [5, 5.41) is 2.67. The standard InChI is InChI=1S/C18H21BrN2O6/c1-11(20-15(22)12-3-5-13(19)6-4-12)16(23)21-10-18(26-7-8-27-18)9-14(21)17(24)25-2/h3-6,11,14H,7-10H2,1-2H3,(H,20,22)/t11-,14+/m1/s1. The summed E-state index contributed by atoms with van der Waals surface area (Å²) in [6.45, 7) is 2.51. The highest BCUT2D eigenvalue weighted by molar-refractivity contribution is 9.10. The van der Waals surface area contributed by atoms with Crippen LogP contribution < -0.4 is 5.32 Å². The van der Waals surface area contributed by atoms with E-state index in [9.17, 15) is 14.4 Å². The molecule has 0 radical (unpaired) electrons. The van der Waals surface area contributed by atoms with Crippen molar-refractivity contribution in [2.75, 3.05) is 26.9 Å². The molecule has 1 N–H and O–H groups in total. The van der Waals surface area contributed by atoms with Gasteiger partial charge in [0.1, 0.15) is 12.1 Å². The SMILES string of the molecule is COC(=O)[C@@H]1CC2(CN1C(=O)[C@@H](C)NC(=O)c1ccc(Br)cc1)OCCO2. The summed E-state index contributed by atoms with van der Waals surface area (Å²) < 4.78 is 16.9. The van der Waals surface area contributed by atoms with Crippen LogP contribution in [0.15, 0.2) is 28.7 Å². The maximum atomic E-state index is 12.9. The molecule has 2 heterocycles. The minimum absolute atomic E-state index is 0.115. The molecule has 9 heteroatoms. The normalized spacial score (nSPS) is 21.9. The second kappa shape index (κ2) is 7.95. The highest BCUT2D eigenvalue weighted by Crippen LogP contribution is 2.35. The van der Waals surface area contributed by atoms with Gasteiger partial charge < -0.3 is 24.4 Å². The van der Waals surface area contributed by atoms with E-state index in [-0.39, 0.29) is 18.9 Å². The maximum absolute atomic E-state index is 12.9. The molecule has 0 aliphatic carbocycles. The molecule has 2 aliphatic rings. The van der Waals surface area contributed by atoms with E-state index in [1.54, 1.807) is 31.2 Å². The molecule has 2 aliphatic heterocycles. The van der Waals surface area contributed by atoms with Gasteiger partial charge in [-0.1, -0.05) is 15.9 Å². The van der Waals surface area contributed by atoms with Crippen molar-refractivity contribution in [3.8, 4) is 0 Å².